The number of pyridine rings is 1. The molecule has 5 rings (SSSR count). The first-order chi connectivity index (χ1) is 19.5. The van der Waals surface area contributed by atoms with Crippen molar-refractivity contribution in [1.29, 1.82) is 0 Å². The van der Waals surface area contributed by atoms with Crippen LogP contribution in [0.5, 0.6) is 5.75 Å². The summed E-state index contributed by atoms with van der Waals surface area (Å²) in [6.07, 6.45) is 5.66. The third kappa shape index (κ3) is 6.17. The van der Waals surface area contributed by atoms with Crippen LogP contribution < -0.4 is 9.64 Å². The van der Waals surface area contributed by atoms with E-state index in [2.05, 4.69) is 41.4 Å². The molecule has 0 unspecified atom stereocenters. The molecule has 1 heterocycles. The molecule has 1 aromatic heterocycles. The molecule has 6 nitrogen and oxygen atoms in total. The van der Waals surface area contributed by atoms with Gasteiger partial charge in [0.15, 0.2) is 0 Å². The van der Waals surface area contributed by atoms with E-state index in [1.807, 2.05) is 43.9 Å². The number of amides is 1. The summed E-state index contributed by atoms with van der Waals surface area (Å²) in [5.41, 5.74) is 4.79. The van der Waals surface area contributed by atoms with Gasteiger partial charge in [-0.15, -0.1) is 0 Å². The average molecular weight is 539 g/mol. The van der Waals surface area contributed by atoms with Crippen LogP contribution in [0.25, 0.3) is 21.9 Å². The fourth-order valence-corrected chi connectivity index (χ4v) is 5.32. The van der Waals surface area contributed by atoms with Crippen molar-refractivity contribution >= 4 is 28.5 Å². The summed E-state index contributed by atoms with van der Waals surface area (Å²) in [7, 11) is 3.05. The van der Waals surface area contributed by atoms with Crippen LogP contribution in [0.2, 0.25) is 0 Å². The van der Waals surface area contributed by atoms with Crippen LogP contribution in [-0.4, -0.2) is 31.1 Å². The molecule has 0 aliphatic heterocycles. The highest BCUT2D eigenvalue weighted by molar-refractivity contribution is 6.04. The molecule has 1 amide bonds. The lowest BCUT2D eigenvalue weighted by atomic mass is 10.0. The van der Waals surface area contributed by atoms with Crippen molar-refractivity contribution in [3.63, 3.8) is 0 Å². The molecule has 1 saturated carbocycles. The maximum atomic E-state index is 13.8. The second-order valence-corrected chi connectivity index (χ2v) is 9.85. The van der Waals surface area contributed by atoms with E-state index < -0.39 is 5.97 Å². The van der Waals surface area contributed by atoms with Gasteiger partial charge < -0.3 is 9.47 Å². The third-order valence-electron chi connectivity index (χ3n) is 7.41. The van der Waals surface area contributed by atoms with Crippen molar-refractivity contribution in [2.75, 3.05) is 19.1 Å². The van der Waals surface area contributed by atoms with Crippen LogP contribution in [-0.2, 0) is 16.1 Å². The number of fused-ring (bicyclic) bond motifs is 1. The largest absolute Gasteiger partial charge is 0.496 e. The van der Waals surface area contributed by atoms with Crippen molar-refractivity contribution < 1.29 is 19.1 Å². The Kier molecular flexibility index (Phi) is 9.54. The molecule has 6 heteroatoms. The van der Waals surface area contributed by atoms with Crippen molar-refractivity contribution in [3.8, 4) is 16.9 Å². The summed E-state index contributed by atoms with van der Waals surface area (Å²) in [5, 5.41) is 1.67. The zero-order chi connectivity index (χ0) is 28.6. The Balaban J connectivity index is 0.00000181. The van der Waals surface area contributed by atoms with Crippen LogP contribution in [0.4, 0.5) is 5.82 Å². The van der Waals surface area contributed by atoms with E-state index in [0.29, 0.717) is 17.9 Å². The summed E-state index contributed by atoms with van der Waals surface area (Å²) in [6, 6.07) is 21.7. The van der Waals surface area contributed by atoms with Crippen LogP contribution in [0, 0.1) is 12.8 Å². The average Bonchev–Trinajstić information content (AvgIpc) is 3.55. The molecule has 0 N–H and O–H groups in total. The maximum Gasteiger partial charge on any atom is 0.337 e. The molecular weight excluding hydrogens is 500 g/mol. The summed E-state index contributed by atoms with van der Waals surface area (Å²) < 4.78 is 10.3. The van der Waals surface area contributed by atoms with Gasteiger partial charge in [-0.3, -0.25) is 9.69 Å². The first-order valence-electron chi connectivity index (χ1n) is 14.0. The van der Waals surface area contributed by atoms with Gasteiger partial charge in [-0.25, -0.2) is 9.78 Å². The number of aryl methyl sites for hydroxylation is 1. The number of nitrogens with zero attached hydrogens (tertiary/aromatic N) is 2. The van der Waals surface area contributed by atoms with Crippen LogP contribution in [0.3, 0.4) is 0 Å². The first-order valence-corrected chi connectivity index (χ1v) is 14.0. The fourth-order valence-electron chi connectivity index (χ4n) is 5.32. The number of aromatic nitrogens is 1. The Bertz CT molecular complexity index is 1470. The summed E-state index contributed by atoms with van der Waals surface area (Å²) in [6.45, 7) is 6.46. The lowest BCUT2D eigenvalue weighted by Gasteiger charge is -2.26. The van der Waals surface area contributed by atoms with Gasteiger partial charge in [0, 0.05) is 17.5 Å². The number of hydrogen-bond donors (Lipinski definition) is 0. The zero-order valence-corrected chi connectivity index (χ0v) is 24.1. The van der Waals surface area contributed by atoms with E-state index in [1.54, 1.807) is 25.4 Å². The van der Waals surface area contributed by atoms with E-state index >= 15 is 0 Å². The molecule has 4 aromatic rings. The highest BCUT2D eigenvalue weighted by Crippen LogP contribution is 2.33. The van der Waals surface area contributed by atoms with Crippen LogP contribution >= 0.6 is 0 Å². The predicted molar refractivity (Wildman–Crippen MR) is 161 cm³/mol. The number of esters is 1. The molecular formula is C34H38N2O4. The highest BCUT2D eigenvalue weighted by Gasteiger charge is 2.30. The Morgan fingerprint density at radius 1 is 0.900 bits per heavy atom. The van der Waals surface area contributed by atoms with Gasteiger partial charge in [-0.1, -0.05) is 57.0 Å². The molecule has 40 heavy (non-hydrogen) atoms. The van der Waals surface area contributed by atoms with Crippen molar-refractivity contribution in [3.05, 3.63) is 89.6 Å². The standard InChI is InChI=1S/C32H32N2O4.C2H6/c1-21-18-25(13-15-29(21)37-2)23-10-8-22(9-11-23)20-34(31(35)24-6-4-5-7-24)30-28-14-12-27(32(36)38-3)19-26(28)16-17-33-30;1-2/h8-19,24H,4-7,20H2,1-3H3;1-2H3. The minimum atomic E-state index is -0.392. The van der Waals surface area contributed by atoms with Gasteiger partial charge in [0.2, 0.25) is 5.91 Å². The Morgan fingerprint density at radius 2 is 1.60 bits per heavy atom. The third-order valence-corrected chi connectivity index (χ3v) is 7.41. The number of benzene rings is 3. The van der Waals surface area contributed by atoms with E-state index in [4.69, 9.17) is 9.47 Å². The first kappa shape index (κ1) is 28.8. The molecule has 1 aliphatic carbocycles. The predicted octanol–water partition coefficient (Wildman–Crippen LogP) is 7.76. The summed E-state index contributed by atoms with van der Waals surface area (Å²) in [4.78, 5) is 32.4. The van der Waals surface area contributed by atoms with Gasteiger partial charge >= 0.3 is 5.97 Å². The van der Waals surface area contributed by atoms with Crippen molar-refractivity contribution in [2.45, 2.75) is 53.0 Å². The Labute approximate surface area is 237 Å². The van der Waals surface area contributed by atoms with Gasteiger partial charge in [0.05, 0.1) is 26.3 Å². The SMILES string of the molecule is CC.COC(=O)c1ccc2c(N(Cc3ccc(-c4ccc(OC)c(C)c4)cc3)C(=O)C3CCCC3)nccc2c1. The number of rotatable bonds is 7. The van der Waals surface area contributed by atoms with Crippen LogP contribution in [0.1, 0.15) is 61.0 Å². The number of carbonyl (C=O) groups is 2. The summed E-state index contributed by atoms with van der Waals surface area (Å²) in [5.74, 6) is 1.20. The lowest BCUT2D eigenvalue weighted by Crippen LogP contribution is -2.35. The molecule has 0 atom stereocenters. The van der Waals surface area contributed by atoms with Crippen molar-refractivity contribution in [2.24, 2.45) is 5.92 Å². The number of ether oxygens (including phenoxy) is 2. The minimum absolute atomic E-state index is 0.00273. The molecule has 208 valence electrons. The van der Waals surface area contributed by atoms with E-state index in [1.165, 1.54) is 7.11 Å². The second kappa shape index (κ2) is 13.2. The van der Waals surface area contributed by atoms with Gasteiger partial charge in [0.1, 0.15) is 11.6 Å². The number of methoxy groups -OCH3 is 2. The second-order valence-electron chi connectivity index (χ2n) is 9.85. The number of anilines is 1. The maximum absolute atomic E-state index is 13.8. The van der Waals surface area contributed by atoms with E-state index in [0.717, 1.165) is 64.5 Å². The normalized spacial score (nSPS) is 12.9. The topological polar surface area (TPSA) is 68.7 Å². The highest BCUT2D eigenvalue weighted by atomic mass is 16.5. The smallest absolute Gasteiger partial charge is 0.337 e. The molecule has 0 saturated heterocycles. The number of hydrogen-bond acceptors (Lipinski definition) is 5. The van der Waals surface area contributed by atoms with Crippen LogP contribution in [0.15, 0.2) is 72.9 Å². The quantitative estimate of drug-likeness (QED) is 0.225. The minimum Gasteiger partial charge on any atom is -0.496 e. The molecule has 0 radical (unpaired) electrons. The lowest BCUT2D eigenvalue weighted by molar-refractivity contribution is -0.122. The monoisotopic (exact) mass is 538 g/mol. The molecule has 3 aromatic carbocycles. The molecule has 1 aliphatic rings. The van der Waals surface area contributed by atoms with Gasteiger partial charge in [-0.2, -0.15) is 0 Å². The molecule has 0 bridgehead atoms. The Hall–Kier alpha value is -4.19. The zero-order valence-electron chi connectivity index (χ0n) is 24.1. The number of carbonyl (C=O) groups excluding carboxylic acids is 2. The van der Waals surface area contributed by atoms with E-state index in [9.17, 15) is 9.59 Å². The fraction of sp³-hybridized carbons (Fsp3) is 0.324. The van der Waals surface area contributed by atoms with Gasteiger partial charge in [-0.05, 0) is 83.8 Å². The summed E-state index contributed by atoms with van der Waals surface area (Å²) >= 11 is 0. The van der Waals surface area contributed by atoms with Gasteiger partial charge in [0.25, 0.3) is 0 Å². The van der Waals surface area contributed by atoms with Crippen molar-refractivity contribution in [1.82, 2.24) is 4.98 Å². The van der Waals surface area contributed by atoms with E-state index in [-0.39, 0.29) is 11.8 Å². The molecule has 0 spiro atoms. The molecule has 1 fully saturated rings. The Morgan fingerprint density at radius 3 is 2.25 bits per heavy atom.